The van der Waals surface area contributed by atoms with Crippen molar-refractivity contribution in [2.45, 2.75) is 6.92 Å². The van der Waals surface area contributed by atoms with Crippen LogP contribution in [0.3, 0.4) is 0 Å². The highest BCUT2D eigenvalue weighted by molar-refractivity contribution is 5.87. The summed E-state index contributed by atoms with van der Waals surface area (Å²) in [6, 6.07) is 7.21. The van der Waals surface area contributed by atoms with E-state index >= 15 is 0 Å². The molecule has 0 bridgehead atoms. The third-order valence-corrected chi connectivity index (χ3v) is 2.88. The minimum Gasteiger partial charge on any atom is -0.496 e. The first kappa shape index (κ1) is 12.2. The first-order valence-corrected chi connectivity index (χ1v) is 5.46. The largest absolute Gasteiger partial charge is 0.496 e. The number of methoxy groups -OCH3 is 1. The summed E-state index contributed by atoms with van der Waals surface area (Å²) in [7, 11) is 3.33. The number of hydrogen-bond acceptors (Lipinski definition) is 3. The lowest BCUT2D eigenvalue weighted by Gasteiger charge is -2.10. The van der Waals surface area contributed by atoms with Crippen molar-refractivity contribution >= 4 is 5.97 Å². The lowest BCUT2D eigenvalue weighted by Crippen LogP contribution is -1.99. The highest BCUT2D eigenvalue weighted by Gasteiger charge is 2.15. The van der Waals surface area contributed by atoms with Crippen molar-refractivity contribution in [1.82, 2.24) is 9.78 Å². The van der Waals surface area contributed by atoms with Crippen LogP contribution in [0.2, 0.25) is 0 Å². The fraction of sp³-hybridized carbons (Fsp3) is 0.231. The second-order valence-electron chi connectivity index (χ2n) is 3.98. The standard InChI is InChI=1S/C13H14N2O3/c1-8-9(5-4-6-12(8)18-3)11-7-10(13(16)17)14-15(11)2/h4-7H,1-3H3,(H,16,17). The van der Waals surface area contributed by atoms with Gasteiger partial charge in [0.25, 0.3) is 0 Å². The average Bonchev–Trinajstić information content (AvgIpc) is 2.72. The summed E-state index contributed by atoms with van der Waals surface area (Å²) in [5.41, 5.74) is 2.66. The lowest BCUT2D eigenvalue weighted by molar-refractivity contribution is 0.0689. The molecular formula is C13H14N2O3. The SMILES string of the molecule is COc1cccc(-c2cc(C(=O)O)nn2C)c1C. The number of carboxylic acids is 1. The van der Waals surface area contributed by atoms with Crippen LogP contribution >= 0.6 is 0 Å². The number of rotatable bonds is 3. The Kier molecular flexibility index (Phi) is 3.06. The molecule has 1 aromatic heterocycles. The van der Waals surface area contributed by atoms with Crippen LogP contribution in [0.5, 0.6) is 5.75 Å². The third kappa shape index (κ3) is 1.95. The molecule has 0 fully saturated rings. The molecule has 0 saturated heterocycles. The quantitative estimate of drug-likeness (QED) is 0.900. The van der Waals surface area contributed by atoms with Crippen molar-refractivity contribution in [3.05, 3.63) is 35.5 Å². The van der Waals surface area contributed by atoms with Crippen molar-refractivity contribution < 1.29 is 14.6 Å². The number of benzene rings is 1. The summed E-state index contributed by atoms with van der Waals surface area (Å²) in [5.74, 6) is -0.261. The predicted octanol–water partition coefficient (Wildman–Crippen LogP) is 2.10. The molecule has 1 N–H and O–H groups in total. The minimum absolute atomic E-state index is 0.0368. The topological polar surface area (TPSA) is 64.3 Å². The molecule has 0 radical (unpaired) electrons. The van der Waals surface area contributed by atoms with Crippen LogP contribution < -0.4 is 4.74 Å². The molecule has 0 aliphatic heterocycles. The number of ether oxygens (including phenoxy) is 1. The van der Waals surface area contributed by atoms with E-state index in [1.54, 1.807) is 24.9 Å². The molecule has 0 aliphatic carbocycles. The van der Waals surface area contributed by atoms with Crippen LogP contribution in [0.4, 0.5) is 0 Å². The molecule has 0 unspecified atom stereocenters. The van der Waals surface area contributed by atoms with Gasteiger partial charge in [-0.1, -0.05) is 12.1 Å². The van der Waals surface area contributed by atoms with Crippen LogP contribution in [-0.4, -0.2) is 28.0 Å². The Bertz CT molecular complexity index is 602. The Morgan fingerprint density at radius 3 is 2.72 bits per heavy atom. The van der Waals surface area contributed by atoms with Gasteiger partial charge >= 0.3 is 5.97 Å². The maximum atomic E-state index is 10.9. The minimum atomic E-state index is -1.03. The zero-order chi connectivity index (χ0) is 13.3. The van der Waals surface area contributed by atoms with Gasteiger partial charge in [-0.3, -0.25) is 4.68 Å². The van der Waals surface area contributed by atoms with Gasteiger partial charge in [-0.25, -0.2) is 4.79 Å². The predicted molar refractivity (Wildman–Crippen MR) is 66.9 cm³/mol. The maximum absolute atomic E-state index is 10.9. The molecule has 2 aromatic rings. The van der Waals surface area contributed by atoms with Gasteiger partial charge in [0, 0.05) is 18.2 Å². The molecule has 18 heavy (non-hydrogen) atoms. The molecule has 0 spiro atoms. The molecular weight excluding hydrogens is 232 g/mol. The highest BCUT2D eigenvalue weighted by Crippen LogP contribution is 2.29. The van der Waals surface area contributed by atoms with E-state index < -0.39 is 5.97 Å². The van der Waals surface area contributed by atoms with Crippen LogP contribution in [-0.2, 0) is 7.05 Å². The fourth-order valence-corrected chi connectivity index (χ4v) is 1.94. The van der Waals surface area contributed by atoms with Gasteiger partial charge in [-0.2, -0.15) is 5.10 Å². The van der Waals surface area contributed by atoms with Gasteiger partial charge in [0.15, 0.2) is 5.69 Å². The van der Waals surface area contributed by atoms with E-state index in [4.69, 9.17) is 9.84 Å². The summed E-state index contributed by atoms with van der Waals surface area (Å²) in [6.45, 7) is 1.93. The number of nitrogens with zero attached hydrogens (tertiary/aromatic N) is 2. The average molecular weight is 246 g/mol. The molecule has 94 valence electrons. The zero-order valence-corrected chi connectivity index (χ0v) is 10.5. The Balaban J connectivity index is 2.58. The second-order valence-corrected chi connectivity index (χ2v) is 3.98. The summed E-state index contributed by atoms with van der Waals surface area (Å²) in [4.78, 5) is 10.9. The van der Waals surface area contributed by atoms with Gasteiger partial charge in [0.05, 0.1) is 12.8 Å². The van der Waals surface area contributed by atoms with Gasteiger partial charge in [-0.15, -0.1) is 0 Å². The summed E-state index contributed by atoms with van der Waals surface area (Å²) in [5, 5.41) is 12.9. The number of carbonyl (C=O) groups is 1. The number of aromatic carboxylic acids is 1. The fourth-order valence-electron chi connectivity index (χ4n) is 1.94. The van der Waals surface area contributed by atoms with Crippen LogP contribution in [0, 0.1) is 6.92 Å². The number of aromatic nitrogens is 2. The van der Waals surface area contributed by atoms with E-state index in [1.807, 2.05) is 25.1 Å². The molecule has 5 heteroatoms. The van der Waals surface area contributed by atoms with Crippen LogP contribution in [0.1, 0.15) is 16.1 Å². The van der Waals surface area contributed by atoms with Gasteiger partial charge < -0.3 is 9.84 Å². The van der Waals surface area contributed by atoms with Crippen molar-refractivity contribution in [3.8, 4) is 17.0 Å². The van der Waals surface area contributed by atoms with Crippen LogP contribution in [0.15, 0.2) is 24.3 Å². The molecule has 0 amide bonds. The number of carboxylic acid groups (broad SMARTS) is 1. The summed E-state index contributed by atoms with van der Waals surface area (Å²) < 4.78 is 6.82. The lowest BCUT2D eigenvalue weighted by atomic mass is 10.0. The normalized spacial score (nSPS) is 10.4. The Morgan fingerprint density at radius 1 is 1.44 bits per heavy atom. The van der Waals surface area contributed by atoms with E-state index in [0.29, 0.717) is 0 Å². The van der Waals surface area contributed by atoms with Crippen molar-refractivity contribution in [2.75, 3.05) is 7.11 Å². The van der Waals surface area contributed by atoms with E-state index in [9.17, 15) is 4.79 Å². The zero-order valence-electron chi connectivity index (χ0n) is 10.5. The van der Waals surface area contributed by atoms with Crippen molar-refractivity contribution in [3.63, 3.8) is 0 Å². The number of hydrogen-bond donors (Lipinski definition) is 1. The van der Waals surface area contributed by atoms with E-state index in [1.165, 1.54) is 0 Å². The maximum Gasteiger partial charge on any atom is 0.356 e. The molecule has 0 saturated carbocycles. The molecule has 0 atom stereocenters. The van der Waals surface area contributed by atoms with Crippen molar-refractivity contribution in [2.24, 2.45) is 7.05 Å². The first-order chi connectivity index (χ1) is 8.54. The molecule has 1 heterocycles. The Hall–Kier alpha value is -2.30. The van der Waals surface area contributed by atoms with E-state index in [0.717, 1.165) is 22.6 Å². The summed E-state index contributed by atoms with van der Waals surface area (Å²) >= 11 is 0. The molecule has 5 nitrogen and oxygen atoms in total. The van der Waals surface area contributed by atoms with Gasteiger partial charge in [0.1, 0.15) is 5.75 Å². The van der Waals surface area contributed by atoms with E-state index in [2.05, 4.69) is 5.10 Å². The highest BCUT2D eigenvalue weighted by atomic mass is 16.5. The Labute approximate surface area is 105 Å². The monoisotopic (exact) mass is 246 g/mol. The third-order valence-electron chi connectivity index (χ3n) is 2.88. The Morgan fingerprint density at radius 2 is 2.17 bits per heavy atom. The molecule has 1 aromatic carbocycles. The second kappa shape index (κ2) is 4.52. The van der Waals surface area contributed by atoms with Crippen molar-refractivity contribution in [1.29, 1.82) is 0 Å². The molecule has 2 rings (SSSR count). The summed E-state index contributed by atoms with van der Waals surface area (Å²) in [6.07, 6.45) is 0. The smallest absolute Gasteiger partial charge is 0.356 e. The van der Waals surface area contributed by atoms with Crippen LogP contribution in [0.25, 0.3) is 11.3 Å². The van der Waals surface area contributed by atoms with E-state index in [-0.39, 0.29) is 5.69 Å². The van der Waals surface area contributed by atoms with Gasteiger partial charge in [-0.05, 0) is 19.1 Å². The number of aryl methyl sites for hydroxylation is 1. The van der Waals surface area contributed by atoms with Gasteiger partial charge in [0.2, 0.25) is 0 Å². The first-order valence-electron chi connectivity index (χ1n) is 5.46. The molecule has 0 aliphatic rings.